The molecule has 1 aliphatic heterocycles. The molecule has 0 aromatic heterocycles. The van der Waals surface area contributed by atoms with Crippen LogP contribution in [0.1, 0.15) is 17.5 Å². The minimum absolute atomic E-state index is 0.116. The van der Waals surface area contributed by atoms with Crippen LogP contribution in [0.25, 0.3) is 5.57 Å². The van der Waals surface area contributed by atoms with E-state index in [2.05, 4.69) is 5.18 Å². The lowest BCUT2D eigenvalue weighted by molar-refractivity contribution is -0.137. The summed E-state index contributed by atoms with van der Waals surface area (Å²) in [7, 11) is 0. The van der Waals surface area contributed by atoms with Crippen LogP contribution in [0.15, 0.2) is 59.8 Å². The van der Waals surface area contributed by atoms with Crippen molar-refractivity contribution in [3.8, 4) is 0 Å². The fourth-order valence-electron chi connectivity index (χ4n) is 5.18. The molecule has 30 heavy (non-hydrogen) atoms. The number of carbonyl (C=O) groups is 2. The van der Waals surface area contributed by atoms with Gasteiger partial charge in [-0.3, -0.25) is 14.5 Å². The molecule has 0 N–H and O–H groups in total. The molecule has 2 aliphatic carbocycles. The average molecular weight is 412 g/mol. The number of nitroso groups, excluding NO2 is 1. The lowest BCUT2D eigenvalue weighted by Crippen LogP contribution is -2.33. The monoisotopic (exact) mass is 412 g/mol. The Morgan fingerprint density at radius 3 is 2.33 bits per heavy atom. The minimum Gasteiger partial charge on any atom is -0.274 e. The van der Waals surface area contributed by atoms with Gasteiger partial charge in [-0.2, -0.15) is 13.2 Å². The Hall–Kier alpha value is -3.29. The van der Waals surface area contributed by atoms with Gasteiger partial charge in [0.2, 0.25) is 11.8 Å². The molecular formula is C22H15F3N2O3. The van der Waals surface area contributed by atoms with Crippen LogP contribution < -0.4 is 4.90 Å². The van der Waals surface area contributed by atoms with Gasteiger partial charge in [-0.25, -0.2) is 0 Å². The second-order valence-electron chi connectivity index (χ2n) is 7.85. The molecule has 2 unspecified atom stereocenters. The summed E-state index contributed by atoms with van der Waals surface area (Å²) in [4.78, 5) is 37.9. The van der Waals surface area contributed by atoms with E-state index in [9.17, 15) is 27.7 Å². The van der Waals surface area contributed by atoms with Crippen LogP contribution in [0, 0.1) is 28.6 Å². The molecule has 0 spiro atoms. The quantitative estimate of drug-likeness (QED) is 0.530. The van der Waals surface area contributed by atoms with Crippen molar-refractivity contribution in [3.05, 3.63) is 70.6 Å². The molecule has 5 nitrogen and oxygen atoms in total. The minimum atomic E-state index is -4.83. The zero-order chi connectivity index (χ0) is 21.2. The Bertz CT molecular complexity index is 1110. The number of hydrogen-bond donors (Lipinski definition) is 0. The van der Waals surface area contributed by atoms with Crippen LogP contribution >= 0.6 is 0 Å². The van der Waals surface area contributed by atoms with Crippen molar-refractivity contribution in [1.29, 1.82) is 0 Å². The summed E-state index contributed by atoms with van der Waals surface area (Å²) in [6.07, 6.45) is -2.12. The molecule has 1 saturated heterocycles. The van der Waals surface area contributed by atoms with Gasteiger partial charge in [-0.1, -0.05) is 36.4 Å². The van der Waals surface area contributed by atoms with Crippen molar-refractivity contribution in [2.24, 2.45) is 28.8 Å². The van der Waals surface area contributed by atoms with Crippen molar-refractivity contribution >= 4 is 28.8 Å². The predicted molar refractivity (Wildman–Crippen MR) is 102 cm³/mol. The Kier molecular flexibility index (Phi) is 3.96. The fraction of sp³-hybridized carbons (Fsp3) is 0.273. The topological polar surface area (TPSA) is 66.8 Å². The number of allylic oxidation sites excluding steroid dienone is 2. The smallest absolute Gasteiger partial charge is 0.274 e. The van der Waals surface area contributed by atoms with Gasteiger partial charge in [0.1, 0.15) is 5.69 Å². The van der Waals surface area contributed by atoms with Gasteiger partial charge in [0.15, 0.2) is 0 Å². The zero-order valence-electron chi connectivity index (χ0n) is 15.5. The molecule has 2 aromatic rings. The van der Waals surface area contributed by atoms with E-state index in [1.165, 1.54) is 0 Å². The van der Waals surface area contributed by atoms with E-state index in [0.717, 1.165) is 28.2 Å². The average Bonchev–Trinajstić information content (AvgIpc) is 3.39. The Balaban J connectivity index is 1.52. The predicted octanol–water partition coefficient (Wildman–Crippen LogP) is 4.94. The number of imide groups is 1. The Labute approximate surface area is 169 Å². The largest absolute Gasteiger partial charge is 0.418 e. The van der Waals surface area contributed by atoms with E-state index in [4.69, 9.17) is 0 Å². The van der Waals surface area contributed by atoms with E-state index in [1.54, 1.807) is 0 Å². The van der Waals surface area contributed by atoms with Gasteiger partial charge in [0.25, 0.3) is 0 Å². The number of halogens is 3. The molecule has 2 fully saturated rings. The van der Waals surface area contributed by atoms with Crippen LogP contribution in [0.3, 0.4) is 0 Å². The molecule has 1 heterocycles. The number of hydrogen-bond acceptors (Lipinski definition) is 4. The van der Waals surface area contributed by atoms with Gasteiger partial charge in [0.05, 0.1) is 23.1 Å². The first-order chi connectivity index (χ1) is 14.3. The van der Waals surface area contributed by atoms with Gasteiger partial charge in [0, 0.05) is 0 Å². The summed E-state index contributed by atoms with van der Waals surface area (Å²) in [6, 6.07) is 12.3. The normalized spacial score (nSPS) is 27.4. The van der Waals surface area contributed by atoms with Crippen LogP contribution in [0.2, 0.25) is 0 Å². The standard InChI is InChI=1S/C22H15F3N2O3/c23-22(24,25)16-10-13(6-7-17(16)26-30)27-20(28)18-12-8-14(11-4-2-1-3-5-11)15(9-12)19(18)21(27)29/h1-8,10,12,15,18-19H,9H2/t12?,15?,18-,19+/m0/s1. The summed E-state index contributed by atoms with van der Waals surface area (Å²) >= 11 is 0. The highest BCUT2D eigenvalue weighted by molar-refractivity contribution is 6.23. The van der Waals surface area contributed by atoms with Crippen molar-refractivity contribution in [3.63, 3.8) is 0 Å². The molecule has 152 valence electrons. The number of anilines is 1. The number of carbonyl (C=O) groups excluding carboxylic acids is 2. The first kappa shape index (κ1) is 18.7. The zero-order valence-corrected chi connectivity index (χ0v) is 15.5. The van der Waals surface area contributed by atoms with E-state index in [1.807, 2.05) is 36.4 Å². The third-order valence-corrected chi connectivity index (χ3v) is 6.36. The van der Waals surface area contributed by atoms with Crippen LogP contribution in [-0.4, -0.2) is 11.8 Å². The second kappa shape index (κ2) is 6.35. The molecule has 2 bridgehead atoms. The summed E-state index contributed by atoms with van der Waals surface area (Å²) in [6.45, 7) is 0. The van der Waals surface area contributed by atoms with Gasteiger partial charge in [-0.15, -0.1) is 4.91 Å². The van der Waals surface area contributed by atoms with Gasteiger partial charge < -0.3 is 0 Å². The SMILES string of the molecule is O=Nc1ccc(N2C(=O)[C@@H]3C4CC(C=C4c4ccccc4)[C@@H]3C2=O)cc1C(F)(F)F. The number of alkyl halides is 3. The van der Waals surface area contributed by atoms with E-state index in [0.29, 0.717) is 12.5 Å². The van der Waals surface area contributed by atoms with E-state index >= 15 is 0 Å². The lowest BCUT2D eigenvalue weighted by Gasteiger charge is -2.22. The number of amides is 2. The first-order valence-electron chi connectivity index (χ1n) is 9.51. The van der Waals surface area contributed by atoms with Crippen molar-refractivity contribution in [2.75, 3.05) is 4.90 Å². The number of rotatable bonds is 3. The highest BCUT2D eigenvalue weighted by Crippen LogP contribution is 2.58. The molecule has 3 aliphatic rings. The van der Waals surface area contributed by atoms with Gasteiger partial charge in [-0.05, 0) is 52.8 Å². The highest BCUT2D eigenvalue weighted by Gasteiger charge is 2.61. The molecular weight excluding hydrogens is 397 g/mol. The molecule has 8 heteroatoms. The molecule has 1 saturated carbocycles. The highest BCUT2D eigenvalue weighted by atomic mass is 19.4. The second-order valence-corrected chi connectivity index (χ2v) is 7.85. The summed E-state index contributed by atoms with van der Waals surface area (Å²) in [5.74, 6) is -2.37. The van der Waals surface area contributed by atoms with Crippen LogP contribution in [0.4, 0.5) is 24.5 Å². The maximum atomic E-state index is 13.3. The van der Waals surface area contributed by atoms with Gasteiger partial charge >= 0.3 is 6.18 Å². The fourth-order valence-corrected chi connectivity index (χ4v) is 5.18. The molecule has 4 atom stereocenters. The molecule has 2 aromatic carbocycles. The summed E-state index contributed by atoms with van der Waals surface area (Å²) in [5.41, 5.74) is -0.221. The maximum Gasteiger partial charge on any atom is 0.418 e. The third kappa shape index (κ3) is 2.56. The number of fused-ring (bicyclic) bond motifs is 5. The Morgan fingerprint density at radius 1 is 0.967 bits per heavy atom. The third-order valence-electron chi connectivity index (χ3n) is 6.36. The van der Waals surface area contributed by atoms with Crippen molar-refractivity contribution in [2.45, 2.75) is 12.6 Å². The van der Waals surface area contributed by atoms with Crippen molar-refractivity contribution < 1.29 is 22.8 Å². The van der Waals surface area contributed by atoms with E-state index in [-0.39, 0.29) is 17.5 Å². The molecule has 0 radical (unpaired) electrons. The Morgan fingerprint density at radius 2 is 1.67 bits per heavy atom. The van der Waals surface area contributed by atoms with Crippen molar-refractivity contribution in [1.82, 2.24) is 0 Å². The summed E-state index contributed by atoms with van der Waals surface area (Å²) in [5, 5.41) is 2.41. The number of nitrogens with zero attached hydrogens (tertiary/aromatic N) is 2. The maximum absolute atomic E-state index is 13.3. The number of benzene rings is 2. The van der Waals surface area contributed by atoms with Crippen LogP contribution in [-0.2, 0) is 15.8 Å². The first-order valence-corrected chi connectivity index (χ1v) is 9.51. The lowest BCUT2D eigenvalue weighted by atomic mass is 9.79. The summed E-state index contributed by atoms with van der Waals surface area (Å²) < 4.78 is 39.9. The molecule has 5 rings (SSSR count). The van der Waals surface area contributed by atoms with E-state index < -0.39 is 41.1 Å². The van der Waals surface area contributed by atoms with Crippen LogP contribution in [0.5, 0.6) is 0 Å². The molecule has 2 amide bonds.